The van der Waals surface area contributed by atoms with E-state index in [9.17, 15) is 14.3 Å². The van der Waals surface area contributed by atoms with E-state index in [1.165, 1.54) is 6.20 Å². The summed E-state index contributed by atoms with van der Waals surface area (Å²) in [5, 5.41) is 9.25. The Morgan fingerprint density at radius 3 is 2.65 bits per heavy atom. The van der Waals surface area contributed by atoms with E-state index >= 15 is 0 Å². The van der Waals surface area contributed by atoms with Gasteiger partial charge in [-0.2, -0.15) is 0 Å². The molecule has 6 heteroatoms. The molecule has 0 unspecified atom stereocenters. The number of carboxylic acid groups (broad SMARTS) is 1. The largest absolute Gasteiger partial charge is 0.493 e. The van der Waals surface area contributed by atoms with Crippen LogP contribution in [0.15, 0.2) is 36.5 Å². The average molecular weight is 428 g/mol. The summed E-state index contributed by atoms with van der Waals surface area (Å²) >= 11 is 0. The molecule has 1 heterocycles. The van der Waals surface area contributed by atoms with Gasteiger partial charge in [0.15, 0.2) is 0 Å². The lowest BCUT2D eigenvalue weighted by molar-refractivity contribution is -0.137. The molecule has 0 amide bonds. The highest BCUT2D eigenvalue weighted by atomic mass is 19.1. The fraction of sp³-hybridized carbons (Fsp3) is 0.520. The molecule has 31 heavy (non-hydrogen) atoms. The van der Waals surface area contributed by atoms with Crippen LogP contribution < -0.4 is 9.47 Å². The summed E-state index contributed by atoms with van der Waals surface area (Å²) in [5.41, 5.74) is 1.76. The molecule has 4 rings (SSSR count). The minimum atomic E-state index is -0.747. The second-order valence-corrected chi connectivity index (χ2v) is 8.89. The number of hydrogen-bond donors (Lipinski definition) is 1. The molecular formula is C25H30FNO4. The van der Waals surface area contributed by atoms with E-state index in [0.29, 0.717) is 29.9 Å². The maximum atomic E-state index is 14.2. The smallest absolute Gasteiger partial charge is 0.303 e. The van der Waals surface area contributed by atoms with E-state index in [0.717, 1.165) is 49.8 Å². The van der Waals surface area contributed by atoms with Gasteiger partial charge in [-0.25, -0.2) is 9.37 Å². The van der Waals surface area contributed by atoms with E-state index in [-0.39, 0.29) is 24.1 Å². The molecule has 1 atom stereocenters. The lowest BCUT2D eigenvalue weighted by Crippen LogP contribution is -2.20. The number of aromatic nitrogens is 1. The van der Waals surface area contributed by atoms with Gasteiger partial charge < -0.3 is 14.6 Å². The summed E-state index contributed by atoms with van der Waals surface area (Å²) in [5.74, 6) is 1.43. The van der Waals surface area contributed by atoms with Crippen molar-refractivity contribution in [3.05, 3.63) is 53.5 Å². The van der Waals surface area contributed by atoms with Gasteiger partial charge >= 0.3 is 5.97 Å². The Bertz CT molecular complexity index is 906. The van der Waals surface area contributed by atoms with Crippen LogP contribution in [0.4, 0.5) is 4.39 Å². The molecule has 1 aromatic heterocycles. The Labute approximate surface area is 182 Å². The summed E-state index contributed by atoms with van der Waals surface area (Å²) in [6.07, 6.45) is 7.44. The molecule has 0 aliphatic heterocycles. The second kappa shape index (κ2) is 9.67. The number of ether oxygens (including phenoxy) is 2. The van der Waals surface area contributed by atoms with Crippen molar-refractivity contribution in [3.8, 4) is 11.6 Å². The molecule has 1 N–H and O–H groups in total. The molecule has 0 bridgehead atoms. The van der Waals surface area contributed by atoms with Crippen molar-refractivity contribution < 1.29 is 23.8 Å². The number of pyridine rings is 1. The first-order valence-electron chi connectivity index (χ1n) is 11.2. The average Bonchev–Trinajstić information content (AvgIpc) is 3.62. The third-order valence-corrected chi connectivity index (χ3v) is 6.71. The van der Waals surface area contributed by atoms with Crippen LogP contribution in [0.5, 0.6) is 11.6 Å². The van der Waals surface area contributed by atoms with Crippen LogP contribution in [-0.2, 0) is 4.79 Å². The van der Waals surface area contributed by atoms with E-state index in [1.54, 1.807) is 13.2 Å². The van der Waals surface area contributed by atoms with Gasteiger partial charge in [0.25, 0.3) is 0 Å². The van der Waals surface area contributed by atoms with Gasteiger partial charge in [0.05, 0.1) is 26.3 Å². The number of hydrogen-bond acceptors (Lipinski definition) is 4. The summed E-state index contributed by atoms with van der Waals surface area (Å²) in [7, 11) is 1.54. The first-order valence-corrected chi connectivity index (χ1v) is 11.2. The standard InChI is InChI=1S/C25H30FNO4/c1-30-24-12-22(23(26)14-27-24)18-7-5-16(6-8-18)15-31-20-4-2-3-19(11-20)21(13-25(28)29)17-9-10-17/h2-4,11-12,14,16-18,21H,5-10,13,15H2,1H3,(H,28,29)/t16-,18-,21-/m0/s1. The van der Waals surface area contributed by atoms with Crippen molar-refractivity contribution in [2.24, 2.45) is 11.8 Å². The van der Waals surface area contributed by atoms with Crippen LogP contribution in [0.1, 0.15) is 67.9 Å². The Kier molecular flexibility index (Phi) is 6.73. The predicted molar refractivity (Wildman–Crippen MR) is 115 cm³/mol. The van der Waals surface area contributed by atoms with Crippen molar-refractivity contribution >= 4 is 5.97 Å². The second-order valence-electron chi connectivity index (χ2n) is 8.89. The van der Waals surface area contributed by atoms with E-state index in [4.69, 9.17) is 9.47 Å². The zero-order valence-corrected chi connectivity index (χ0v) is 17.9. The molecule has 2 fully saturated rings. The van der Waals surface area contributed by atoms with Crippen LogP contribution in [-0.4, -0.2) is 29.8 Å². The van der Waals surface area contributed by atoms with Gasteiger partial charge in [-0.05, 0) is 85.5 Å². The maximum absolute atomic E-state index is 14.2. The van der Waals surface area contributed by atoms with E-state index < -0.39 is 5.97 Å². The SMILES string of the molecule is COc1cc([C@H]2CC[C@H](COc3cccc([C@@H](CC(=O)O)C4CC4)c3)CC2)c(F)cn1. The number of nitrogens with zero attached hydrogens (tertiary/aromatic N) is 1. The highest BCUT2D eigenvalue weighted by molar-refractivity contribution is 5.68. The third kappa shape index (κ3) is 5.54. The monoisotopic (exact) mass is 427 g/mol. The maximum Gasteiger partial charge on any atom is 0.303 e. The van der Waals surface area contributed by atoms with Crippen molar-refractivity contribution in [2.75, 3.05) is 13.7 Å². The first kappa shape index (κ1) is 21.6. The molecular weight excluding hydrogens is 397 g/mol. The number of rotatable bonds is 9. The lowest BCUT2D eigenvalue weighted by atomic mass is 9.79. The van der Waals surface area contributed by atoms with Crippen LogP contribution in [0, 0.1) is 17.7 Å². The van der Waals surface area contributed by atoms with E-state index in [1.807, 2.05) is 24.3 Å². The zero-order valence-electron chi connectivity index (χ0n) is 17.9. The Hall–Kier alpha value is -2.63. The Morgan fingerprint density at radius 2 is 1.97 bits per heavy atom. The van der Waals surface area contributed by atoms with Crippen molar-refractivity contribution in [2.45, 2.75) is 56.8 Å². The normalized spacial score (nSPS) is 22.0. The number of benzene rings is 1. The van der Waals surface area contributed by atoms with Gasteiger partial charge in [0, 0.05) is 6.07 Å². The molecule has 2 aliphatic carbocycles. The summed E-state index contributed by atoms with van der Waals surface area (Å²) in [6.45, 7) is 0.630. The molecule has 166 valence electrons. The van der Waals surface area contributed by atoms with Crippen LogP contribution in [0.25, 0.3) is 0 Å². The van der Waals surface area contributed by atoms with Gasteiger partial charge in [0.1, 0.15) is 11.6 Å². The highest BCUT2D eigenvalue weighted by Gasteiger charge is 2.34. The van der Waals surface area contributed by atoms with Gasteiger partial charge in [-0.3, -0.25) is 4.79 Å². The number of halogens is 1. The highest BCUT2D eigenvalue weighted by Crippen LogP contribution is 2.45. The molecule has 2 saturated carbocycles. The van der Waals surface area contributed by atoms with Crippen molar-refractivity contribution in [3.63, 3.8) is 0 Å². The molecule has 0 spiro atoms. The number of methoxy groups -OCH3 is 1. The Morgan fingerprint density at radius 1 is 1.19 bits per heavy atom. The van der Waals surface area contributed by atoms with Gasteiger partial charge in [-0.1, -0.05) is 12.1 Å². The van der Waals surface area contributed by atoms with Crippen LogP contribution in [0.2, 0.25) is 0 Å². The number of aliphatic carboxylic acids is 1. The molecule has 0 saturated heterocycles. The van der Waals surface area contributed by atoms with Gasteiger partial charge in [-0.15, -0.1) is 0 Å². The zero-order chi connectivity index (χ0) is 21.8. The third-order valence-electron chi connectivity index (χ3n) is 6.71. The van der Waals surface area contributed by atoms with Gasteiger partial charge in [0.2, 0.25) is 5.88 Å². The fourth-order valence-corrected chi connectivity index (χ4v) is 4.79. The lowest BCUT2D eigenvalue weighted by Gasteiger charge is -2.29. The quantitative estimate of drug-likeness (QED) is 0.568. The fourth-order valence-electron chi connectivity index (χ4n) is 4.79. The molecule has 0 radical (unpaired) electrons. The van der Waals surface area contributed by atoms with Crippen LogP contribution >= 0.6 is 0 Å². The first-order chi connectivity index (χ1) is 15.0. The summed E-state index contributed by atoms with van der Waals surface area (Å²) in [6, 6.07) is 9.64. The van der Waals surface area contributed by atoms with Crippen molar-refractivity contribution in [1.82, 2.24) is 4.98 Å². The number of carboxylic acids is 1. The minimum absolute atomic E-state index is 0.0729. The Balaban J connectivity index is 1.31. The topological polar surface area (TPSA) is 68.7 Å². The van der Waals surface area contributed by atoms with Crippen molar-refractivity contribution in [1.29, 1.82) is 0 Å². The molecule has 5 nitrogen and oxygen atoms in total. The number of carbonyl (C=O) groups is 1. The summed E-state index contributed by atoms with van der Waals surface area (Å²) in [4.78, 5) is 15.2. The van der Waals surface area contributed by atoms with Crippen LogP contribution in [0.3, 0.4) is 0 Å². The molecule has 1 aromatic carbocycles. The predicted octanol–water partition coefficient (Wildman–Crippen LogP) is 5.55. The molecule has 2 aromatic rings. The summed E-state index contributed by atoms with van der Waals surface area (Å²) < 4.78 is 25.5. The van der Waals surface area contributed by atoms with E-state index in [2.05, 4.69) is 4.98 Å². The minimum Gasteiger partial charge on any atom is -0.493 e. The molecule has 2 aliphatic rings.